The predicted octanol–water partition coefficient (Wildman–Crippen LogP) is 2.97. The van der Waals surface area contributed by atoms with E-state index in [4.69, 9.17) is 4.74 Å². The zero-order valence-corrected chi connectivity index (χ0v) is 16.6. The standard InChI is InChI=1S/C21H21FN2O4S/c1-28-19-7-4-16-12-15(2-3-17(16)13-19)14-23-21(25)10-11-24-29(26,27)20-8-5-18(22)6-9-20/h2-9,12-13,24H,10-11,14H2,1H3,(H,23,25). The molecular weight excluding hydrogens is 395 g/mol. The van der Waals surface area contributed by atoms with Gasteiger partial charge < -0.3 is 10.1 Å². The minimum Gasteiger partial charge on any atom is -0.497 e. The molecule has 1 amide bonds. The molecule has 0 radical (unpaired) electrons. The van der Waals surface area contributed by atoms with E-state index in [1.165, 1.54) is 12.1 Å². The van der Waals surface area contributed by atoms with E-state index in [1.54, 1.807) is 7.11 Å². The van der Waals surface area contributed by atoms with Gasteiger partial charge in [-0.15, -0.1) is 0 Å². The predicted molar refractivity (Wildman–Crippen MR) is 109 cm³/mol. The van der Waals surface area contributed by atoms with E-state index in [9.17, 15) is 17.6 Å². The van der Waals surface area contributed by atoms with Gasteiger partial charge >= 0.3 is 0 Å². The Morgan fingerprint density at radius 2 is 1.69 bits per heavy atom. The average Bonchev–Trinajstić information content (AvgIpc) is 2.72. The highest BCUT2D eigenvalue weighted by Crippen LogP contribution is 2.21. The quantitative estimate of drug-likeness (QED) is 0.591. The average molecular weight is 416 g/mol. The molecule has 0 spiro atoms. The molecule has 0 saturated heterocycles. The van der Waals surface area contributed by atoms with E-state index in [0.717, 1.165) is 34.2 Å². The van der Waals surface area contributed by atoms with Crippen molar-refractivity contribution in [3.8, 4) is 5.75 Å². The van der Waals surface area contributed by atoms with Gasteiger partial charge in [0, 0.05) is 19.5 Å². The molecule has 152 valence electrons. The smallest absolute Gasteiger partial charge is 0.240 e. The van der Waals surface area contributed by atoms with Crippen LogP contribution in [0.15, 0.2) is 65.6 Å². The van der Waals surface area contributed by atoms with E-state index in [1.807, 2.05) is 36.4 Å². The van der Waals surface area contributed by atoms with Crippen LogP contribution in [-0.2, 0) is 21.4 Å². The maximum Gasteiger partial charge on any atom is 0.240 e. The van der Waals surface area contributed by atoms with Crippen molar-refractivity contribution in [3.63, 3.8) is 0 Å². The zero-order valence-electron chi connectivity index (χ0n) is 15.8. The molecule has 3 aromatic carbocycles. The lowest BCUT2D eigenvalue weighted by molar-refractivity contribution is -0.121. The number of ether oxygens (including phenoxy) is 1. The Kier molecular flexibility index (Phi) is 6.46. The first-order valence-electron chi connectivity index (χ1n) is 8.96. The molecule has 0 aliphatic rings. The number of rotatable bonds is 8. The summed E-state index contributed by atoms with van der Waals surface area (Å²) in [5.41, 5.74) is 0.933. The summed E-state index contributed by atoms with van der Waals surface area (Å²) in [4.78, 5) is 12.0. The molecule has 0 heterocycles. The Morgan fingerprint density at radius 3 is 2.41 bits per heavy atom. The lowest BCUT2D eigenvalue weighted by Crippen LogP contribution is -2.30. The normalized spacial score (nSPS) is 11.4. The number of methoxy groups -OCH3 is 1. The largest absolute Gasteiger partial charge is 0.497 e. The first-order chi connectivity index (χ1) is 13.9. The van der Waals surface area contributed by atoms with Crippen LogP contribution in [0.2, 0.25) is 0 Å². The van der Waals surface area contributed by atoms with E-state index in [-0.39, 0.29) is 23.8 Å². The van der Waals surface area contributed by atoms with E-state index < -0.39 is 15.8 Å². The SMILES string of the molecule is COc1ccc2cc(CNC(=O)CCNS(=O)(=O)c3ccc(F)cc3)ccc2c1. The van der Waals surface area contributed by atoms with Crippen LogP contribution in [0, 0.1) is 5.82 Å². The van der Waals surface area contributed by atoms with Crippen LogP contribution in [0.1, 0.15) is 12.0 Å². The van der Waals surface area contributed by atoms with Gasteiger partial charge in [0.2, 0.25) is 15.9 Å². The molecule has 0 aliphatic carbocycles. The zero-order chi connectivity index (χ0) is 20.9. The summed E-state index contributed by atoms with van der Waals surface area (Å²) in [6.45, 7) is 0.286. The van der Waals surface area contributed by atoms with Gasteiger partial charge in [-0.05, 0) is 58.8 Å². The van der Waals surface area contributed by atoms with Crippen molar-refractivity contribution in [2.75, 3.05) is 13.7 Å². The fraction of sp³-hybridized carbons (Fsp3) is 0.190. The number of halogens is 1. The Hall–Kier alpha value is -2.97. The summed E-state index contributed by atoms with van der Waals surface area (Å²) in [5, 5.41) is 4.84. The topological polar surface area (TPSA) is 84.5 Å². The van der Waals surface area contributed by atoms with Crippen molar-refractivity contribution < 1.29 is 22.3 Å². The van der Waals surface area contributed by atoms with Crippen LogP contribution in [0.25, 0.3) is 10.8 Å². The maximum atomic E-state index is 12.9. The highest BCUT2D eigenvalue weighted by molar-refractivity contribution is 7.89. The second-order valence-electron chi connectivity index (χ2n) is 6.43. The van der Waals surface area contributed by atoms with E-state index in [2.05, 4.69) is 10.0 Å². The second-order valence-corrected chi connectivity index (χ2v) is 8.19. The molecule has 0 aliphatic heterocycles. The number of fused-ring (bicyclic) bond motifs is 1. The Bertz CT molecular complexity index is 1120. The first-order valence-corrected chi connectivity index (χ1v) is 10.4. The van der Waals surface area contributed by atoms with Crippen LogP contribution in [0.3, 0.4) is 0 Å². The fourth-order valence-corrected chi connectivity index (χ4v) is 3.83. The van der Waals surface area contributed by atoms with Gasteiger partial charge in [0.05, 0.1) is 12.0 Å². The molecule has 29 heavy (non-hydrogen) atoms. The van der Waals surface area contributed by atoms with E-state index >= 15 is 0 Å². The number of nitrogens with one attached hydrogen (secondary N) is 2. The summed E-state index contributed by atoms with van der Waals surface area (Å²) in [6, 6.07) is 16.1. The van der Waals surface area contributed by atoms with Crippen molar-refractivity contribution in [2.24, 2.45) is 0 Å². The lowest BCUT2D eigenvalue weighted by Gasteiger charge is -2.09. The molecule has 3 rings (SSSR count). The van der Waals surface area contributed by atoms with Crippen LogP contribution < -0.4 is 14.8 Å². The molecule has 0 saturated carbocycles. The summed E-state index contributed by atoms with van der Waals surface area (Å²) in [7, 11) is -2.16. The van der Waals surface area contributed by atoms with Crippen molar-refractivity contribution in [1.29, 1.82) is 0 Å². The van der Waals surface area contributed by atoms with E-state index in [0.29, 0.717) is 6.54 Å². The first kappa shape index (κ1) is 20.8. The maximum absolute atomic E-state index is 12.9. The van der Waals surface area contributed by atoms with Crippen molar-refractivity contribution in [2.45, 2.75) is 17.9 Å². The van der Waals surface area contributed by atoms with Gasteiger partial charge in [-0.25, -0.2) is 17.5 Å². The lowest BCUT2D eigenvalue weighted by atomic mass is 10.1. The molecule has 0 fully saturated rings. The third-order valence-electron chi connectivity index (χ3n) is 4.37. The van der Waals surface area contributed by atoms with Crippen molar-refractivity contribution in [1.82, 2.24) is 10.0 Å². The monoisotopic (exact) mass is 416 g/mol. The summed E-state index contributed by atoms with van der Waals surface area (Å²) in [5.74, 6) is -0.0144. The number of hydrogen-bond acceptors (Lipinski definition) is 4. The number of carbonyl (C=O) groups is 1. The minimum absolute atomic E-state index is 0.00873. The van der Waals surface area contributed by atoms with Gasteiger partial charge in [0.1, 0.15) is 11.6 Å². The molecule has 3 aromatic rings. The third kappa shape index (κ3) is 5.52. The number of amides is 1. The van der Waals surface area contributed by atoms with Crippen molar-refractivity contribution >= 4 is 26.7 Å². The van der Waals surface area contributed by atoms with Crippen LogP contribution >= 0.6 is 0 Å². The fourth-order valence-electron chi connectivity index (χ4n) is 2.80. The van der Waals surface area contributed by atoms with Gasteiger partial charge in [-0.2, -0.15) is 0 Å². The summed E-state index contributed by atoms with van der Waals surface area (Å²) in [6.07, 6.45) is -0.00873. The number of carbonyl (C=O) groups excluding carboxylic acids is 1. The molecular formula is C21H21FN2O4S. The number of sulfonamides is 1. The number of hydrogen-bond donors (Lipinski definition) is 2. The van der Waals surface area contributed by atoms with Gasteiger partial charge in [0.15, 0.2) is 0 Å². The number of benzene rings is 3. The molecule has 2 N–H and O–H groups in total. The molecule has 0 atom stereocenters. The van der Waals surface area contributed by atoms with Gasteiger partial charge in [-0.1, -0.05) is 18.2 Å². The molecule has 6 nitrogen and oxygen atoms in total. The van der Waals surface area contributed by atoms with Crippen LogP contribution in [-0.4, -0.2) is 28.0 Å². The highest BCUT2D eigenvalue weighted by atomic mass is 32.2. The third-order valence-corrected chi connectivity index (χ3v) is 5.85. The summed E-state index contributed by atoms with van der Waals surface area (Å²) < 4.78 is 44.6. The molecule has 0 aromatic heterocycles. The van der Waals surface area contributed by atoms with Crippen LogP contribution in [0.4, 0.5) is 4.39 Å². The molecule has 8 heteroatoms. The molecule has 0 bridgehead atoms. The van der Waals surface area contributed by atoms with Gasteiger partial charge in [-0.3, -0.25) is 4.79 Å². The second kappa shape index (κ2) is 9.02. The Morgan fingerprint density at radius 1 is 1.00 bits per heavy atom. The van der Waals surface area contributed by atoms with Crippen molar-refractivity contribution in [3.05, 3.63) is 72.0 Å². The summed E-state index contributed by atoms with van der Waals surface area (Å²) >= 11 is 0. The highest BCUT2D eigenvalue weighted by Gasteiger charge is 2.14. The van der Waals surface area contributed by atoms with Crippen LogP contribution in [0.5, 0.6) is 5.75 Å². The van der Waals surface area contributed by atoms with Gasteiger partial charge in [0.25, 0.3) is 0 Å². The molecule has 0 unspecified atom stereocenters. The minimum atomic E-state index is -3.78. The Balaban J connectivity index is 1.49. The Labute approximate surface area is 168 Å².